The average molecular weight is 860 g/mol. The highest BCUT2D eigenvalue weighted by Crippen LogP contribution is 2.28. The van der Waals surface area contributed by atoms with E-state index in [0.717, 1.165) is 82.5 Å². The number of imide groups is 1. The molecule has 3 aliphatic heterocycles. The van der Waals surface area contributed by atoms with Gasteiger partial charge in [-0.3, -0.25) is 34.8 Å². The fourth-order valence-corrected chi connectivity index (χ4v) is 8.09. The van der Waals surface area contributed by atoms with E-state index in [2.05, 4.69) is 63.6 Å². The van der Waals surface area contributed by atoms with Crippen LogP contribution in [0, 0.1) is 11.7 Å². The van der Waals surface area contributed by atoms with Gasteiger partial charge < -0.3 is 20.9 Å². The molecule has 2 aromatic heterocycles. The minimum atomic E-state index is -0.672. The standard InChI is InChI=1S/C45H47ClFN11O4/c46-36-3-1-2-4-38(36)52-42(60)31-5-9-32(10-6-31)50-41-37(47)28-49-45(54-41)51-33-11-15-39(48-27-33)44(62)55-58-21-18-29(19-22-58)17-20-56-23-25-57(26-24-56)34-12-7-30(8-13-34)35-14-16-40(59)53-43(35)61/h1-13,15,27-29,35H,14,16-26H2,(H,52,60)(H,55,62)(H,53,59,61)(H2,49,50,51,54). The number of rotatable bonds is 13. The molecule has 5 aromatic rings. The molecular formula is C45H47ClFN11O4. The lowest BCUT2D eigenvalue weighted by Crippen LogP contribution is -2.48. The fourth-order valence-electron chi connectivity index (χ4n) is 7.90. The number of anilines is 6. The molecule has 1 atom stereocenters. The lowest BCUT2D eigenvalue weighted by Gasteiger charge is -2.37. The van der Waals surface area contributed by atoms with Crippen LogP contribution in [-0.2, 0) is 9.59 Å². The monoisotopic (exact) mass is 859 g/mol. The highest BCUT2D eigenvalue weighted by Gasteiger charge is 2.28. The quantitative estimate of drug-likeness (QED) is 0.0815. The van der Waals surface area contributed by atoms with E-state index in [9.17, 15) is 23.6 Å². The number of halogens is 2. The average Bonchev–Trinajstić information content (AvgIpc) is 3.29. The van der Waals surface area contributed by atoms with E-state index < -0.39 is 5.82 Å². The number of nitrogens with one attached hydrogen (secondary N) is 5. The minimum absolute atomic E-state index is 0.0732. The Morgan fingerprint density at radius 2 is 1.53 bits per heavy atom. The van der Waals surface area contributed by atoms with Gasteiger partial charge in [-0.2, -0.15) is 4.98 Å². The Morgan fingerprint density at radius 1 is 0.790 bits per heavy atom. The van der Waals surface area contributed by atoms with Crippen molar-refractivity contribution < 1.29 is 23.6 Å². The van der Waals surface area contributed by atoms with Crippen LogP contribution in [0.2, 0.25) is 5.02 Å². The highest BCUT2D eigenvalue weighted by molar-refractivity contribution is 6.33. The Kier molecular flexibility index (Phi) is 13.3. The molecule has 62 heavy (non-hydrogen) atoms. The SMILES string of the molecule is O=C1CCC(c2ccc(N3CCN(CCC4CCN(NC(=O)c5ccc(Nc6ncc(F)c(Nc7ccc(C(=O)Nc8ccccc8Cl)cc7)n6)cn5)CC4)CC3)cc2)C(=O)N1. The summed E-state index contributed by atoms with van der Waals surface area (Å²) in [6, 6.07) is 24.9. The van der Waals surface area contributed by atoms with Gasteiger partial charge in [0.1, 0.15) is 5.69 Å². The first-order valence-corrected chi connectivity index (χ1v) is 21.2. The van der Waals surface area contributed by atoms with E-state index in [1.807, 2.05) is 17.1 Å². The molecule has 15 nitrogen and oxygen atoms in total. The number of nitrogens with zero attached hydrogens (tertiary/aromatic N) is 6. The van der Waals surface area contributed by atoms with E-state index >= 15 is 0 Å². The first-order valence-electron chi connectivity index (χ1n) is 20.8. The van der Waals surface area contributed by atoms with Gasteiger partial charge in [-0.25, -0.2) is 19.4 Å². The van der Waals surface area contributed by atoms with Crippen LogP contribution in [0.4, 0.5) is 38.9 Å². The number of hydrogen-bond donors (Lipinski definition) is 5. The molecule has 4 amide bonds. The number of para-hydroxylation sites is 1. The smallest absolute Gasteiger partial charge is 0.284 e. The summed E-state index contributed by atoms with van der Waals surface area (Å²) in [7, 11) is 0. The predicted octanol–water partition coefficient (Wildman–Crippen LogP) is 6.49. The Hall–Kier alpha value is -6.49. The summed E-state index contributed by atoms with van der Waals surface area (Å²) >= 11 is 6.15. The third-order valence-corrected chi connectivity index (χ3v) is 11.9. The minimum Gasteiger partial charge on any atom is -0.369 e. The predicted molar refractivity (Wildman–Crippen MR) is 235 cm³/mol. The van der Waals surface area contributed by atoms with Gasteiger partial charge in [0.15, 0.2) is 11.6 Å². The molecule has 1 unspecified atom stereocenters. The van der Waals surface area contributed by atoms with E-state index in [-0.39, 0.29) is 47.0 Å². The Labute approximate surface area is 363 Å². The molecule has 5 heterocycles. The van der Waals surface area contributed by atoms with Crippen molar-refractivity contribution in [3.63, 3.8) is 0 Å². The van der Waals surface area contributed by atoms with Crippen LogP contribution >= 0.6 is 11.6 Å². The van der Waals surface area contributed by atoms with Crippen molar-refractivity contribution in [2.45, 2.75) is 38.0 Å². The number of piperazine rings is 1. The summed E-state index contributed by atoms with van der Waals surface area (Å²) < 4.78 is 14.7. The van der Waals surface area contributed by atoms with Crippen molar-refractivity contribution in [1.29, 1.82) is 0 Å². The van der Waals surface area contributed by atoms with Gasteiger partial charge in [-0.15, -0.1) is 0 Å². The molecule has 3 saturated heterocycles. The van der Waals surface area contributed by atoms with Crippen molar-refractivity contribution in [3.05, 3.63) is 125 Å². The molecule has 8 rings (SSSR count). The molecule has 0 aliphatic carbocycles. The van der Waals surface area contributed by atoms with E-state index in [1.165, 1.54) is 6.20 Å². The maximum Gasteiger partial charge on any atom is 0.284 e. The molecule has 5 N–H and O–H groups in total. The lowest BCUT2D eigenvalue weighted by molar-refractivity contribution is -0.134. The number of hydrazine groups is 1. The van der Waals surface area contributed by atoms with Crippen LogP contribution in [0.1, 0.15) is 64.4 Å². The molecule has 17 heteroatoms. The van der Waals surface area contributed by atoms with Gasteiger partial charge in [-0.1, -0.05) is 35.9 Å². The summed E-state index contributed by atoms with van der Waals surface area (Å²) in [6.07, 6.45) is 6.58. The maximum absolute atomic E-state index is 14.7. The van der Waals surface area contributed by atoms with Gasteiger partial charge in [0.2, 0.25) is 17.8 Å². The first kappa shape index (κ1) is 42.2. The second-order valence-corrected chi connectivity index (χ2v) is 16.1. The number of pyridine rings is 1. The molecular weight excluding hydrogens is 813 g/mol. The summed E-state index contributed by atoms with van der Waals surface area (Å²) in [5, 5.41) is 13.5. The summed E-state index contributed by atoms with van der Waals surface area (Å²) in [6.45, 7) is 6.45. The van der Waals surface area contributed by atoms with Crippen molar-refractivity contribution in [2.75, 3.05) is 66.7 Å². The van der Waals surface area contributed by atoms with Crippen LogP contribution in [0.15, 0.2) is 97.3 Å². The summed E-state index contributed by atoms with van der Waals surface area (Å²) in [5.74, 6) is -1.35. The van der Waals surface area contributed by atoms with E-state index in [1.54, 1.807) is 60.7 Å². The maximum atomic E-state index is 14.7. The first-order chi connectivity index (χ1) is 30.1. The molecule has 3 aliphatic rings. The molecule has 0 radical (unpaired) electrons. The van der Waals surface area contributed by atoms with Crippen LogP contribution < -0.4 is 31.6 Å². The molecule has 320 valence electrons. The number of carbonyl (C=O) groups is 4. The van der Waals surface area contributed by atoms with Crippen molar-refractivity contribution in [3.8, 4) is 0 Å². The molecule has 3 fully saturated rings. The second-order valence-electron chi connectivity index (χ2n) is 15.7. The zero-order valence-corrected chi connectivity index (χ0v) is 34.7. The number of carbonyl (C=O) groups excluding carboxylic acids is 4. The Bertz CT molecular complexity index is 2390. The normalized spacial score (nSPS) is 17.6. The number of piperidine rings is 2. The zero-order valence-electron chi connectivity index (χ0n) is 33.9. The second kappa shape index (κ2) is 19.5. The summed E-state index contributed by atoms with van der Waals surface area (Å²) in [4.78, 5) is 67.1. The molecule has 0 saturated carbocycles. The van der Waals surface area contributed by atoms with Gasteiger partial charge >= 0.3 is 0 Å². The largest absolute Gasteiger partial charge is 0.369 e. The van der Waals surface area contributed by atoms with E-state index in [4.69, 9.17) is 11.6 Å². The zero-order chi connectivity index (χ0) is 43.0. The molecule has 0 spiro atoms. The molecule has 0 bridgehead atoms. The number of hydrogen-bond acceptors (Lipinski definition) is 12. The molecule has 3 aromatic carbocycles. The third kappa shape index (κ3) is 10.7. The number of amides is 4. The van der Waals surface area contributed by atoms with Gasteiger partial charge in [0.05, 0.1) is 34.7 Å². The topological polar surface area (TPSA) is 177 Å². The fraction of sp³-hybridized carbons (Fsp3) is 0.311. The van der Waals surface area contributed by atoms with E-state index in [0.29, 0.717) is 46.4 Å². The summed E-state index contributed by atoms with van der Waals surface area (Å²) in [5.41, 5.74) is 7.26. The van der Waals surface area contributed by atoms with Gasteiger partial charge in [0.25, 0.3) is 11.8 Å². The Balaban J connectivity index is 0.739. The van der Waals surface area contributed by atoms with Gasteiger partial charge in [-0.05, 0) is 104 Å². The van der Waals surface area contributed by atoms with Crippen LogP contribution in [0.5, 0.6) is 0 Å². The Morgan fingerprint density at radius 3 is 2.24 bits per heavy atom. The van der Waals surface area contributed by atoms with Gasteiger partial charge in [0, 0.05) is 62.6 Å². The van der Waals surface area contributed by atoms with Crippen molar-refractivity contribution in [2.24, 2.45) is 5.92 Å². The van der Waals surface area contributed by atoms with Crippen molar-refractivity contribution >= 4 is 69.7 Å². The van der Waals surface area contributed by atoms with Crippen LogP contribution in [0.25, 0.3) is 0 Å². The van der Waals surface area contributed by atoms with Crippen LogP contribution in [-0.4, -0.2) is 94.3 Å². The number of benzene rings is 3. The van der Waals surface area contributed by atoms with Crippen molar-refractivity contribution in [1.82, 2.24) is 35.6 Å². The van der Waals surface area contributed by atoms with Crippen LogP contribution in [0.3, 0.4) is 0 Å². The highest BCUT2D eigenvalue weighted by atomic mass is 35.5. The lowest BCUT2D eigenvalue weighted by atomic mass is 9.90. The third-order valence-electron chi connectivity index (χ3n) is 11.5. The number of aromatic nitrogens is 3.